The summed E-state index contributed by atoms with van der Waals surface area (Å²) in [5, 5.41) is 18.4. The van der Waals surface area contributed by atoms with Crippen molar-refractivity contribution >= 4 is 34.6 Å². The third-order valence-electron chi connectivity index (χ3n) is 7.08. The van der Waals surface area contributed by atoms with E-state index in [0.717, 1.165) is 42.7 Å². The summed E-state index contributed by atoms with van der Waals surface area (Å²) < 4.78 is 1.55. The lowest BCUT2D eigenvalue weighted by Gasteiger charge is -2.38. The summed E-state index contributed by atoms with van der Waals surface area (Å²) in [6.45, 7) is 8.47. The van der Waals surface area contributed by atoms with Crippen LogP contribution in [-0.2, 0) is 16.4 Å². The van der Waals surface area contributed by atoms with E-state index in [-0.39, 0.29) is 34.9 Å². The molecule has 2 fully saturated rings. The zero-order valence-electron chi connectivity index (χ0n) is 22.6. The number of carbonyl (C=O) groups excluding carboxylic acids is 1. The molecular weight excluding hydrogens is 502 g/mol. The minimum Gasteiger partial charge on any atom is -0.477 e. The zero-order valence-corrected chi connectivity index (χ0v) is 23.5. The van der Waals surface area contributed by atoms with E-state index in [9.17, 15) is 14.7 Å². The smallest absolute Gasteiger partial charge is 0.348 e. The lowest BCUT2D eigenvalue weighted by molar-refractivity contribution is -0.124. The minimum atomic E-state index is -1.02. The summed E-state index contributed by atoms with van der Waals surface area (Å²) >= 11 is 1.15. The van der Waals surface area contributed by atoms with Crippen LogP contribution in [-0.4, -0.2) is 43.5 Å². The molecule has 38 heavy (non-hydrogen) atoms. The van der Waals surface area contributed by atoms with Crippen molar-refractivity contribution in [1.29, 1.82) is 0 Å². The largest absolute Gasteiger partial charge is 0.477 e. The molecule has 204 valence electrons. The van der Waals surface area contributed by atoms with Gasteiger partial charge in [-0.05, 0) is 84.1 Å². The van der Waals surface area contributed by atoms with Gasteiger partial charge in [0.25, 0.3) is 0 Å². The van der Waals surface area contributed by atoms with Crippen molar-refractivity contribution in [3.8, 4) is 11.8 Å². The molecule has 0 bridgehead atoms. The lowest BCUT2D eigenvalue weighted by atomic mass is 9.81. The van der Waals surface area contributed by atoms with Crippen molar-refractivity contribution in [3.63, 3.8) is 0 Å². The van der Waals surface area contributed by atoms with Crippen molar-refractivity contribution in [2.24, 2.45) is 22.4 Å². The van der Waals surface area contributed by atoms with Crippen LogP contribution >= 0.6 is 11.3 Å². The molecule has 0 radical (unpaired) electrons. The molecule has 2 aromatic rings. The first-order valence-corrected chi connectivity index (χ1v) is 14.2. The molecule has 1 amide bonds. The number of hydrogen-bond acceptors (Lipinski definition) is 7. The fraction of sp³-hybridized carbons (Fsp3) is 0.607. The molecule has 0 unspecified atom stereocenters. The second-order valence-electron chi connectivity index (χ2n) is 11.4. The van der Waals surface area contributed by atoms with Gasteiger partial charge in [0.05, 0.1) is 16.3 Å². The maximum Gasteiger partial charge on any atom is 0.348 e. The van der Waals surface area contributed by atoms with Crippen molar-refractivity contribution in [1.82, 2.24) is 14.8 Å². The van der Waals surface area contributed by atoms with Gasteiger partial charge in [-0.3, -0.25) is 4.79 Å². The van der Waals surface area contributed by atoms with Gasteiger partial charge >= 0.3 is 5.97 Å². The quantitative estimate of drug-likeness (QED) is 0.364. The average molecular weight is 540 g/mol. The van der Waals surface area contributed by atoms with E-state index in [1.807, 2.05) is 20.8 Å². The zero-order chi connectivity index (χ0) is 27.3. The molecule has 0 aliphatic heterocycles. The van der Waals surface area contributed by atoms with Gasteiger partial charge in [-0.25, -0.2) is 14.5 Å². The van der Waals surface area contributed by atoms with Crippen LogP contribution in [0, 0.1) is 29.1 Å². The summed E-state index contributed by atoms with van der Waals surface area (Å²) in [5.41, 5.74) is 1.20. The SMILES string of the molecule is CC1CCC(C(=O)N(c2cc(C#CC(C)(C)C)sc2C(=O)O)C2CCC(=NOCn3cncn3)CC2)CC1. The lowest BCUT2D eigenvalue weighted by Crippen LogP contribution is -2.46. The molecule has 0 spiro atoms. The van der Waals surface area contributed by atoms with Crippen LogP contribution in [0.25, 0.3) is 0 Å². The number of nitrogens with zero attached hydrogens (tertiary/aromatic N) is 5. The van der Waals surface area contributed by atoms with Gasteiger partial charge in [-0.2, -0.15) is 5.10 Å². The van der Waals surface area contributed by atoms with E-state index < -0.39 is 5.97 Å². The topological polar surface area (TPSA) is 110 Å². The number of carboxylic acids is 1. The molecule has 2 aliphatic carbocycles. The van der Waals surface area contributed by atoms with Crippen LogP contribution in [0.3, 0.4) is 0 Å². The molecule has 1 N–H and O–H groups in total. The molecule has 0 saturated heterocycles. The van der Waals surface area contributed by atoms with E-state index in [0.29, 0.717) is 42.2 Å². The predicted molar refractivity (Wildman–Crippen MR) is 147 cm³/mol. The first-order chi connectivity index (χ1) is 18.1. The number of rotatable bonds is 7. The summed E-state index contributed by atoms with van der Waals surface area (Å²) in [6, 6.07) is 1.70. The van der Waals surface area contributed by atoms with E-state index >= 15 is 0 Å². The average Bonchev–Trinajstić information content (AvgIpc) is 3.54. The highest BCUT2D eigenvalue weighted by molar-refractivity contribution is 7.15. The van der Waals surface area contributed by atoms with Crippen LogP contribution in [0.15, 0.2) is 23.9 Å². The molecule has 10 heteroatoms. The Labute approximate surface area is 228 Å². The van der Waals surface area contributed by atoms with Crippen LogP contribution in [0.1, 0.15) is 93.6 Å². The maximum atomic E-state index is 14.0. The van der Waals surface area contributed by atoms with Crippen molar-refractivity contribution in [2.45, 2.75) is 91.8 Å². The Balaban J connectivity index is 1.57. The Morgan fingerprint density at radius 2 is 1.92 bits per heavy atom. The molecule has 0 aromatic carbocycles. The number of amides is 1. The standard InChI is InChI=1S/C28H37N5O4S/c1-19-5-7-20(8-6-19)26(34)33(24-15-23(13-14-28(2,3)4)38-25(24)27(35)36)22-11-9-21(10-12-22)31-37-18-32-17-29-16-30-32/h15-17,19-20,22H,5-12,18H2,1-4H3,(H,35,36). The number of carbonyl (C=O) groups is 2. The highest BCUT2D eigenvalue weighted by Gasteiger charge is 2.37. The van der Waals surface area contributed by atoms with Gasteiger partial charge in [0, 0.05) is 17.4 Å². The predicted octanol–water partition coefficient (Wildman–Crippen LogP) is 5.57. The molecule has 9 nitrogen and oxygen atoms in total. The van der Waals surface area contributed by atoms with E-state index in [1.54, 1.807) is 22.0 Å². The van der Waals surface area contributed by atoms with Gasteiger partial charge in [0.2, 0.25) is 12.6 Å². The molecule has 2 heterocycles. The van der Waals surface area contributed by atoms with Gasteiger partial charge in [-0.15, -0.1) is 11.3 Å². The molecule has 4 rings (SSSR count). The molecule has 2 aromatic heterocycles. The third kappa shape index (κ3) is 7.22. The van der Waals surface area contributed by atoms with E-state index in [2.05, 4.69) is 34.0 Å². The van der Waals surface area contributed by atoms with Crippen LogP contribution in [0.2, 0.25) is 0 Å². The highest BCUT2D eigenvalue weighted by atomic mass is 32.1. The van der Waals surface area contributed by atoms with Gasteiger partial charge in [0.15, 0.2) is 0 Å². The van der Waals surface area contributed by atoms with Crippen molar-refractivity contribution in [3.05, 3.63) is 28.5 Å². The second kappa shape index (κ2) is 12.1. The summed E-state index contributed by atoms with van der Waals surface area (Å²) in [4.78, 5) is 38.3. The Morgan fingerprint density at radius 1 is 1.21 bits per heavy atom. The monoisotopic (exact) mass is 539 g/mol. The van der Waals surface area contributed by atoms with E-state index in [4.69, 9.17) is 4.84 Å². The number of aromatic carboxylic acids is 1. The summed E-state index contributed by atoms with van der Waals surface area (Å²) in [6.07, 6.45) is 9.47. The van der Waals surface area contributed by atoms with Crippen LogP contribution < -0.4 is 4.90 Å². The number of anilines is 1. The molecule has 2 saturated carbocycles. The van der Waals surface area contributed by atoms with Crippen molar-refractivity contribution in [2.75, 3.05) is 4.90 Å². The van der Waals surface area contributed by atoms with Gasteiger partial charge in [0.1, 0.15) is 17.5 Å². The van der Waals surface area contributed by atoms with E-state index in [1.165, 1.54) is 6.33 Å². The highest BCUT2D eigenvalue weighted by Crippen LogP contribution is 2.38. The number of carboxylic acid groups (broad SMARTS) is 1. The minimum absolute atomic E-state index is 0.0420. The Hall–Kier alpha value is -3.19. The fourth-order valence-corrected chi connectivity index (χ4v) is 5.83. The first-order valence-electron chi connectivity index (χ1n) is 13.3. The van der Waals surface area contributed by atoms with Gasteiger partial charge in [-0.1, -0.05) is 23.9 Å². The summed E-state index contributed by atoms with van der Waals surface area (Å²) in [7, 11) is 0. The maximum absolute atomic E-state index is 14.0. The van der Waals surface area contributed by atoms with Crippen LogP contribution in [0.4, 0.5) is 5.69 Å². The fourth-order valence-electron chi connectivity index (χ4n) is 4.99. The number of oxime groups is 1. The number of thiophene rings is 1. The van der Waals surface area contributed by atoms with Gasteiger partial charge < -0.3 is 14.8 Å². The normalized spacial score (nSPS) is 21.8. The Kier molecular flexibility index (Phi) is 8.87. The first kappa shape index (κ1) is 27.8. The second-order valence-corrected chi connectivity index (χ2v) is 12.4. The number of hydrogen-bond donors (Lipinski definition) is 1. The Morgan fingerprint density at radius 3 is 2.53 bits per heavy atom. The number of aromatic nitrogens is 3. The molecule has 0 atom stereocenters. The summed E-state index contributed by atoms with van der Waals surface area (Å²) in [5.74, 6) is 5.89. The van der Waals surface area contributed by atoms with Crippen LogP contribution in [0.5, 0.6) is 0 Å². The Bertz CT molecular complexity index is 1200. The molecule has 2 aliphatic rings. The third-order valence-corrected chi connectivity index (χ3v) is 8.10. The molecular formula is C28H37N5O4S. The van der Waals surface area contributed by atoms with Crippen molar-refractivity contribution < 1.29 is 19.5 Å².